The number of nitrogens with zero attached hydrogens (tertiary/aromatic N) is 2. The average molecular weight is 300 g/mol. The van der Waals surface area contributed by atoms with Crippen molar-refractivity contribution in [2.75, 3.05) is 11.9 Å². The van der Waals surface area contributed by atoms with Gasteiger partial charge in [-0.15, -0.1) is 0 Å². The van der Waals surface area contributed by atoms with Crippen molar-refractivity contribution < 1.29 is 0 Å². The van der Waals surface area contributed by atoms with Crippen molar-refractivity contribution in [3.63, 3.8) is 0 Å². The van der Waals surface area contributed by atoms with Crippen molar-refractivity contribution >= 4 is 21.6 Å². The Morgan fingerprint density at radius 3 is 2.94 bits per heavy atom. The molecule has 1 aliphatic rings. The predicted molar refractivity (Wildman–Crippen MR) is 72.3 cm³/mol. The largest absolute Gasteiger partial charge is 0.380 e. The quantitative estimate of drug-likeness (QED) is 0.909. The van der Waals surface area contributed by atoms with E-state index in [9.17, 15) is 4.79 Å². The summed E-state index contributed by atoms with van der Waals surface area (Å²) in [6, 6.07) is 0. The first-order valence-corrected chi connectivity index (χ1v) is 7.01. The molecule has 0 bridgehead atoms. The molecule has 94 valence electrons. The Balaban J connectivity index is 2.18. The summed E-state index contributed by atoms with van der Waals surface area (Å²) in [5.41, 5.74) is 0.626. The Kier molecular flexibility index (Phi) is 4.20. The second-order valence-corrected chi connectivity index (χ2v) is 5.43. The molecule has 0 saturated heterocycles. The molecule has 1 aliphatic carbocycles. The Hall–Kier alpha value is -0.840. The van der Waals surface area contributed by atoms with Crippen molar-refractivity contribution in [2.24, 2.45) is 5.92 Å². The van der Waals surface area contributed by atoms with E-state index in [0.717, 1.165) is 24.0 Å². The molecule has 0 amide bonds. The Labute approximate surface area is 110 Å². The summed E-state index contributed by atoms with van der Waals surface area (Å²) in [6.45, 7) is 3.64. The molecule has 5 heteroatoms. The maximum Gasteiger partial charge on any atom is 0.291 e. The van der Waals surface area contributed by atoms with Crippen molar-refractivity contribution in [3.05, 3.63) is 21.0 Å². The summed E-state index contributed by atoms with van der Waals surface area (Å²) in [5, 5.41) is 7.35. The summed E-state index contributed by atoms with van der Waals surface area (Å²) < 4.78 is 2.34. The zero-order chi connectivity index (χ0) is 12.3. The molecule has 2 rings (SSSR count). The molecule has 1 saturated carbocycles. The number of aromatic nitrogens is 2. The lowest BCUT2D eigenvalue weighted by Crippen LogP contribution is -2.31. The molecule has 17 heavy (non-hydrogen) atoms. The molecule has 0 unspecified atom stereocenters. The van der Waals surface area contributed by atoms with Crippen LogP contribution in [0.3, 0.4) is 0 Å². The van der Waals surface area contributed by atoms with Gasteiger partial charge in [-0.2, -0.15) is 5.10 Å². The third-order valence-electron chi connectivity index (χ3n) is 3.21. The Bertz CT molecular complexity index is 440. The van der Waals surface area contributed by atoms with Gasteiger partial charge in [0.25, 0.3) is 5.56 Å². The molecule has 0 radical (unpaired) electrons. The van der Waals surface area contributed by atoms with Crippen LogP contribution in [0.2, 0.25) is 0 Å². The summed E-state index contributed by atoms with van der Waals surface area (Å²) >= 11 is 3.37. The van der Waals surface area contributed by atoms with Gasteiger partial charge in [0.15, 0.2) is 0 Å². The molecule has 0 aromatic carbocycles. The summed E-state index contributed by atoms with van der Waals surface area (Å²) in [5.74, 6) is 0.639. The topological polar surface area (TPSA) is 46.9 Å². The maximum atomic E-state index is 12.2. The van der Waals surface area contributed by atoms with Crippen LogP contribution in [-0.4, -0.2) is 16.3 Å². The zero-order valence-corrected chi connectivity index (χ0v) is 11.7. The average Bonchev–Trinajstić information content (AvgIpc) is 2.25. The minimum Gasteiger partial charge on any atom is -0.380 e. The zero-order valence-electron chi connectivity index (χ0n) is 10.1. The second kappa shape index (κ2) is 5.67. The van der Waals surface area contributed by atoms with Gasteiger partial charge in [0, 0.05) is 13.1 Å². The van der Waals surface area contributed by atoms with Gasteiger partial charge in [0.2, 0.25) is 0 Å². The normalized spacial score (nSPS) is 15.6. The Morgan fingerprint density at radius 2 is 2.35 bits per heavy atom. The molecule has 1 aromatic rings. The molecule has 0 atom stereocenters. The molecular formula is C12H18BrN3O. The number of halogens is 1. The highest BCUT2D eigenvalue weighted by Crippen LogP contribution is 2.27. The van der Waals surface area contributed by atoms with E-state index in [0.29, 0.717) is 11.6 Å². The molecule has 0 aliphatic heterocycles. The molecule has 0 spiro atoms. The number of hydrogen-bond acceptors (Lipinski definition) is 3. The van der Waals surface area contributed by atoms with Crippen LogP contribution in [0, 0.1) is 5.92 Å². The summed E-state index contributed by atoms with van der Waals surface area (Å²) in [4.78, 5) is 12.2. The molecular weight excluding hydrogens is 282 g/mol. The fraction of sp³-hybridized carbons (Fsp3) is 0.667. The van der Waals surface area contributed by atoms with Gasteiger partial charge in [0.1, 0.15) is 5.69 Å². The first-order chi connectivity index (χ1) is 8.22. The maximum absolute atomic E-state index is 12.2. The van der Waals surface area contributed by atoms with E-state index in [4.69, 9.17) is 0 Å². The van der Waals surface area contributed by atoms with Gasteiger partial charge in [-0.1, -0.05) is 13.3 Å². The van der Waals surface area contributed by atoms with Crippen LogP contribution in [0.25, 0.3) is 0 Å². The van der Waals surface area contributed by atoms with Crippen LogP contribution >= 0.6 is 15.9 Å². The van der Waals surface area contributed by atoms with Gasteiger partial charge in [-0.05, 0) is 41.1 Å². The lowest BCUT2D eigenvalue weighted by molar-refractivity contribution is 0.262. The van der Waals surface area contributed by atoms with Crippen molar-refractivity contribution in [3.8, 4) is 0 Å². The molecule has 1 fully saturated rings. The van der Waals surface area contributed by atoms with Crippen LogP contribution < -0.4 is 10.9 Å². The van der Waals surface area contributed by atoms with Gasteiger partial charge < -0.3 is 5.32 Å². The lowest BCUT2D eigenvalue weighted by atomic mass is 9.85. The highest BCUT2D eigenvalue weighted by Gasteiger charge is 2.19. The van der Waals surface area contributed by atoms with Crippen LogP contribution in [0.4, 0.5) is 5.69 Å². The van der Waals surface area contributed by atoms with E-state index in [1.165, 1.54) is 19.3 Å². The molecule has 1 N–H and O–H groups in total. The van der Waals surface area contributed by atoms with Crippen molar-refractivity contribution in [1.82, 2.24) is 9.78 Å². The lowest BCUT2D eigenvalue weighted by Gasteiger charge is -2.25. The summed E-state index contributed by atoms with van der Waals surface area (Å²) in [7, 11) is 0. The first kappa shape index (κ1) is 12.6. The van der Waals surface area contributed by atoms with E-state index in [2.05, 4.69) is 33.3 Å². The van der Waals surface area contributed by atoms with Crippen molar-refractivity contribution in [1.29, 1.82) is 0 Å². The highest BCUT2D eigenvalue weighted by atomic mass is 79.9. The molecule has 1 heterocycles. The number of anilines is 1. The van der Waals surface area contributed by atoms with Crippen LogP contribution in [-0.2, 0) is 6.54 Å². The number of hydrogen-bond donors (Lipinski definition) is 1. The van der Waals surface area contributed by atoms with E-state index >= 15 is 0 Å². The van der Waals surface area contributed by atoms with Crippen LogP contribution in [0.15, 0.2) is 15.5 Å². The predicted octanol–water partition coefficient (Wildman–Crippen LogP) is 2.63. The van der Waals surface area contributed by atoms with Crippen molar-refractivity contribution in [2.45, 2.75) is 39.2 Å². The molecule has 1 aromatic heterocycles. The smallest absolute Gasteiger partial charge is 0.291 e. The van der Waals surface area contributed by atoms with Gasteiger partial charge >= 0.3 is 0 Å². The fourth-order valence-electron chi connectivity index (χ4n) is 1.93. The third-order valence-corrected chi connectivity index (χ3v) is 3.81. The monoisotopic (exact) mass is 299 g/mol. The minimum atomic E-state index is -0.0141. The standard InChI is InChI=1S/C12H18BrN3O/c1-2-6-14-11-10(13)7-15-16(12(11)17)8-9-4-3-5-9/h7,9,14H,2-6,8H2,1H3. The minimum absolute atomic E-state index is 0.0141. The van der Waals surface area contributed by atoms with E-state index < -0.39 is 0 Å². The highest BCUT2D eigenvalue weighted by molar-refractivity contribution is 9.10. The SMILES string of the molecule is CCCNc1c(Br)cnn(CC2CCC2)c1=O. The van der Waals surface area contributed by atoms with E-state index in [1.54, 1.807) is 10.9 Å². The summed E-state index contributed by atoms with van der Waals surface area (Å²) in [6.07, 6.45) is 6.44. The van der Waals surface area contributed by atoms with Gasteiger partial charge in [-0.25, -0.2) is 4.68 Å². The van der Waals surface area contributed by atoms with E-state index in [1.807, 2.05) is 0 Å². The molecule has 4 nitrogen and oxygen atoms in total. The van der Waals surface area contributed by atoms with Gasteiger partial charge in [0.05, 0.1) is 10.7 Å². The Morgan fingerprint density at radius 1 is 1.59 bits per heavy atom. The van der Waals surface area contributed by atoms with E-state index in [-0.39, 0.29) is 5.56 Å². The second-order valence-electron chi connectivity index (χ2n) is 4.58. The van der Waals surface area contributed by atoms with Crippen LogP contribution in [0.5, 0.6) is 0 Å². The number of nitrogens with one attached hydrogen (secondary N) is 1. The number of rotatable bonds is 5. The van der Waals surface area contributed by atoms with Crippen LogP contribution in [0.1, 0.15) is 32.6 Å². The van der Waals surface area contributed by atoms with Gasteiger partial charge in [-0.3, -0.25) is 4.79 Å². The first-order valence-electron chi connectivity index (χ1n) is 6.22. The fourth-order valence-corrected chi connectivity index (χ4v) is 2.33. The third kappa shape index (κ3) is 2.89.